The smallest absolute Gasteiger partial charge is 0.346 e. The quantitative estimate of drug-likeness (QED) is 0.311. The number of nitrogens with two attached hydrogens (primary N) is 1. The van der Waals surface area contributed by atoms with Crippen LogP contribution in [-0.4, -0.2) is 56.0 Å². The number of primary amides is 1. The van der Waals surface area contributed by atoms with Gasteiger partial charge in [0.15, 0.2) is 6.23 Å². The van der Waals surface area contributed by atoms with Crippen LogP contribution in [0.1, 0.15) is 5.56 Å². The first kappa shape index (κ1) is 16.6. The maximum atomic E-state index is 11.3. The molecule has 1 aliphatic rings. The van der Waals surface area contributed by atoms with Crippen molar-refractivity contribution in [2.45, 2.75) is 23.3 Å². The summed E-state index contributed by atoms with van der Waals surface area (Å²) in [5.74, 6) is -0.449. The summed E-state index contributed by atoms with van der Waals surface area (Å²) in [6.07, 6.45) is 1.31. The molecule has 1 aromatic heterocycles. The highest BCUT2D eigenvalue weighted by Gasteiger charge is 2.42. The number of aliphatic hydroxyl groups is 2. The summed E-state index contributed by atoms with van der Waals surface area (Å²) < 4.78 is 5.44. The Hall–Kier alpha value is -1.75. The number of aromatic amines is 1. The largest absolute Gasteiger partial charge is 0.394 e. The molecule has 10 heteroatoms. The first-order valence-corrected chi connectivity index (χ1v) is 7.25. The van der Waals surface area contributed by atoms with Gasteiger partial charge in [0.1, 0.15) is 11.9 Å². The van der Waals surface area contributed by atoms with E-state index in [2.05, 4.69) is 31.2 Å². The summed E-state index contributed by atoms with van der Waals surface area (Å²) in [6.45, 7) is -0.271. The van der Waals surface area contributed by atoms with Crippen molar-refractivity contribution >= 4 is 33.7 Å². The molecular weight excluding hydrogens is 360 g/mol. The first-order valence-electron chi connectivity index (χ1n) is 6.34. The van der Waals surface area contributed by atoms with E-state index >= 15 is 0 Å². The Labute approximate surface area is 133 Å². The Morgan fingerprint density at radius 3 is 2.95 bits per heavy atom. The van der Waals surface area contributed by atoms with E-state index < -0.39 is 34.9 Å². The zero-order valence-corrected chi connectivity index (χ0v) is 12.9. The first-order chi connectivity index (χ1) is 10.4. The molecule has 120 valence electrons. The summed E-state index contributed by atoms with van der Waals surface area (Å²) >= 11 is 3.23. The van der Waals surface area contributed by atoms with Gasteiger partial charge in [0.25, 0.3) is 0 Å². The van der Waals surface area contributed by atoms with Crippen molar-refractivity contribution < 1.29 is 19.7 Å². The van der Waals surface area contributed by atoms with Crippen LogP contribution >= 0.6 is 15.9 Å². The van der Waals surface area contributed by atoms with Crippen LogP contribution in [0.25, 0.3) is 6.08 Å². The van der Waals surface area contributed by atoms with Crippen LogP contribution in [-0.2, 0) is 9.53 Å². The molecule has 1 fully saturated rings. The third-order valence-electron chi connectivity index (χ3n) is 3.05. The fourth-order valence-electron chi connectivity index (χ4n) is 1.96. The van der Waals surface area contributed by atoms with E-state index in [9.17, 15) is 14.7 Å². The molecule has 2 rings (SSSR count). The second kappa shape index (κ2) is 7.01. The van der Waals surface area contributed by atoms with Crippen LogP contribution in [0.2, 0.25) is 0 Å². The summed E-state index contributed by atoms with van der Waals surface area (Å²) in [7, 11) is 0. The molecule has 1 saturated heterocycles. The van der Waals surface area contributed by atoms with E-state index in [1.807, 2.05) is 0 Å². The average molecular weight is 375 g/mol. The maximum Gasteiger partial charge on any atom is 0.346 e. The van der Waals surface area contributed by atoms with Crippen LogP contribution in [0.5, 0.6) is 0 Å². The predicted molar refractivity (Wildman–Crippen MR) is 81.2 cm³/mol. The molecule has 0 aromatic carbocycles. The topological polar surface area (TPSA) is 151 Å². The van der Waals surface area contributed by atoms with E-state index in [-0.39, 0.29) is 12.4 Å². The standard InChI is InChI=1S/C12H15BrN4O5/c13-8-6(4-18)22-11(9(8)20)16-10-5(1-2-7(14)19)3-15-12(21)17-10/h1-3,6,8-9,11,18,20H,4H2,(H2,14,19)(H2,15,16,17,21)/t6-,8+,9-,11-/m1/s1. The van der Waals surface area contributed by atoms with E-state index in [0.717, 1.165) is 6.08 Å². The van der Waals surface area contributed by atoms with Crippen LogP contribution in [0, 0.1) is 0 Å². The number of anilines is 1. The minimum Gasteiger partial charge on any atom is -0.394 e. The molecule has 0 radical (unpaired) electrons. The molecule has 22 heavy (non-hydrogen) atoms. The number of carbonyl (C=O) groups excluding carboxylic acids is 1. The highest BCUT2D eigenvalue weighted by Crippen LogP contribution is 2.28. The Morgan fingerprint density at radius 2 is 2.36 bits per heavy atom. The molecule has 6 N–H and O–H groups in total. The Bertz CT molecular complexity index is 634. The second-order valence-corrected chi connectivity index (χ2v) is 5.67. The van der Waals surface area contributed by atoms with E-state index in [1.165, 1.54) is 12.3 Å². The average Bonchev–Trinajstić information content (AvgIpc) is 2.74. The molecule has 0 aliphatic carbocycles. The molecule has 0 bridgehead atoms. The maximum absolute atomic E-state index is 11.3. The van der Waals surface area contributed by atoms with Crippen molar-refractivity contribution in [3.8, 4) is 0 Å². The number of amides is 1. The predicted octanol–water partition coefficient (Wildman–Crippen LogP) is -1.48. The van der Waals surface area contributed by atoms with Gasteiger partial charge >= 0.3 is 5.69 Å². The third-order valence-corrected chi connectivity index (χ3v) is 4.18. The fraction of sp³-hybridized carbons (Fsp3) is 0.417. The number of nitrogens with one attached hydrogen (secondary N) is 2. The number of alkyl halides is 1. The second-order valence-electron chi connectivity index (χ2n) is 4.61. The third kappa shape index (κ3) is 3.71. The lowest BCUT2D eigenvalue weighted by molar-refractivity contribution is -0.113. The van der Waals surface area contributed by atoms with Crippen molar-refractivity contribution in [2.75, 3.05) is 11.9 Å². The number of hydrogen-bond acceptors (Lipinski definition) is 7. The SMILES string of the molecule is NC(=O)C=Cc1cnc(=O)[nH]c1N[C@@H]1O[C@H](CO)[C@H](Br)[C@H]1O. The van der Waals surface area contributed by atoms with Gasteiger partial charge in [-0.1, -0.05) is 15.9 Å². The van der Waals surface area contributed by atoms with Gasteiger partial charge in [-0.3, -0.25) is 9.78 Å². The number of H-pyrrole nitrogens is 1. The Balaban J connectivity index is 2.23. The van der Waals surface area contributed by atoms with Crippen molar-refractivity contribution in [2.24, 2.45) is 5.73 Å². The van der Waals surface area contributed by atoms with Gasteiger partial charge in [-0.05, 0) is 6.08 Å². The van der Waals surface area contributed by atoms with Gasteiger partial charge in [-0.15, -0.1) is 0 Å². The summed E-state index contributed by atoms with van der Waals surface area (Å²) in [5, 5.41) is 22.0. The van der Waals surface area contributed by atoms with Gasteiger partial charge < -0.3 is 26.0 Å². The number of halogens is 1. The zero-order chi connectivity index (χ0) is 16.3. The van der Waals surface area contributed by atoms with Crippen molar-refractivity contribution in [1.82, 2.24) is 9.97 Å². The number of aliphatic hydroxyl groups excluding tert-OH is 2. The summed E-state index contributed by atoms with van der Waals surface area (Å²) in [4.78, 5) is 27.7. The Morgan fingerprint density at radius 1 is 1.64 bits per heavy atom. The number of carbonyl (C=O) groups is 1. The molecule has 9 nitrogen and oxygen atoms in total. The number of rotatable bonds is 5. The summed E-state index contributed by atoms with van der Waals surface area (Å²) in [6, 6.07) is 0. The Kier molecular flexibility index (Phi) is 5.29. The van der Waals surface area contributed by atoms with Crippen molar-refractivity contribution in [3.05, 3.63) is 28.3 Å². The number of aromatic nitrogens is 2. The molecule has 0 spiro atoms. The highest BCUT2D eigenvalue weighted by molar-refractivity contribution is 9.09. The van der Waals surface area contributed by atoms with Gasteiger partial charge in [0, 0.05) is 17.8 Å². The van der Waals surface area contributed by atoms with E-state index in [0.29, 0.717) is 5.56 Å². The van der Waals surface area contributed by atoms with Crippen molar-refractivity contribution in [3.63, 3.8) is 0 Å². The van der Waals surface area contributed by atoms with Gasteiger partial charge in [-0.25, -0.2) is 9.78 Å². The lowest BCUT2D eigenvalue weighted by Gasteiger charge is -2.18. The molecule has 4 atom stereocenters. The van der Waals surface area contributed by atoms with Crippen LogP contribution in [0.15, 0.2) is 17.1 Å². The van der Waals surface area contributed by atoms with Crippen LogP contribution in [0.3, 0.4) is 0 Å². The monoisotopic (exact) mass is 374 g/mol. The zero-order valence-electron chi connectivity index (χ0n) is 11.3. The lowest BCUT2D eigenvalue weighted by atomic mass is 10.2. The molecule has 2 heterocycles. The number of nitrogens with zero attached hydrogens (tertiary/aromatic N) is 1. The molecule has 0 unspecified atom stereocenters. The molecule has 1 aliphatic heterocycles. The number of ether oxygens (including phenoxy) is 1. The molecule has 1 aromatic rings. The molecule has 1 amide bonds. The van der Waals surface area contributed by atoms with E-state index in [1.54, 1.807) is 0 Å². The fourth-order valence-corrected chi connectivity index (χ4v) is 2.53. The van der Waals surface area contributed by atoms with Gasteiger partial charge in [0.05, 0.1) is 17.5 Å². The minimum absolute atomic E-state index is 0.208. The lowest BCUT2D eigenvalue weighted by Crippen LogP contribution is -2.34. The minimum atomic E-state index is -0.957. The van der Waals surface area contributed by atoms with Gasteiger partial charge in [-0.2, -0.15) is 0 Å². The van der Waals surface area contributed by atoms with Gasteiger partial charge in [0.2, 0.25) is 5.91 Å². The summed E-state index contributed by atoms with van der Waals surface area (Å²) in [5.41, 5.74) is 4.79. The molecule has 0 saturated carbocycles. The molecular formula is C12H15BrN4O5. The van der Waals surface area contributed by atoms with Crippen molar-refractivity contribution in [1.29, 1.82) is 0 Å². The van der Waals surface area contributed by atoms with Crippen LogP contribution < -0.4 is 16.7 Å². The van der Waals surface area contributed by atoms with Crippen LogP contribution in [0.4, 0.5) is 5.82 Å². The van der Waals surface area contributed by atoms with E-state index in [4.69, 9.17) is 15.6 Å². The normalized spacial score (nSPS) is 28.1. The highest BCUT2D eigenvalue weighted by atomic mass is 79.9. The number of hydrogen-bond donors (Lipinski definition) is 5.